The van der Waals surface area contributed by atoms with Crippen molar-refractivity contribution in [2.24, 2.45) is 0 Å². The maximum atomic E-state index is 13.7. The van der Waals surface area contributed by atoms with Crippen LogP contribution in [0.5, 0.6) is 5.75 Å². The van der Waals surface area contributed by atoms with Gasteiger partial charge in [-0.3, -0.25) is 4.79 Å². The molecule has 0 radical (unpaired) electrons. The number of cyclic esters (lactones) is 1. The Hall–Kier alpha value is -3.72. The molecule has 0 aliphatic carbocycles. The molecular formula is C28H30N2O7. The first kappa shape index (κ1) is 25.0. The van der Waals surface area contributed by atoms with E-state index in [1.807, 2.05) is 26.0 Å². The van der Waals surface area contributed by atoms with Gasteiger partial charge in [-0.25, -0.2) is 14.6 Å². The summed E-state index contributed by atoms with van der Waals surface area (Å²) in [6.45, 7) is 11.1. The van der Waals surface area contributed by atoms with Crippen molar-refractivity contribution in [3.8, 4) is 5.75 Å². The minimum Gasteiger partial charge on any atom is -0.486 e. The lowest BCUT2D eigenvalue weighted by Crippen LogP contribution is -2.56. The number of aliphatic hydroxyl groups is 1. The van der Waals surface area contributed by atoms with Gasteiger partial charge in [0.05, 0.1) is 27.9 Å². The number of fused-ring (bicyclic) bond motifs is 4. The molecule has 0 spiro atoms. The number of carboxylic acids is 1. The van der Waals surface area contributed by atoms with Crippen LogP contribution in [0.2, 0.25) is 0 Å². The van der Waals surface area contributed by atoms with Gasteiger partial charge in [-0.1, -0.05) is 20.4 Å². The SMILES string of the molecule is C=C(C(=O)O)C(C)Oc1ccc2nc3c(c(CC)c2c1)CN1C(=O)C2=C(CC31C)[C@@](O)(CC)C(=O)OC2. The highest BCUT2D eigenvalue weighted by molar-refractivity contribution is 6.01. The Balaban J connectivity index is 1.60. The molecule has 1 aromatic heterocycles. The average Bonchev–Trinajstić information content (AvgIpc) is 3.17. The number of nitrogens with zero attached hydrogens (tertiary/aromatic N) is 2. The van der Waals surface area contributed by atoms with Crippen molar-refractivity contribution in [2.45, 2.75) is 70.7 Å². The molecule has 0 saturated heterocycles. The highest BCUT2D eigenvalue weighted by Gasteiger charge is 2.57. The predicted molar refractivity (Wildman–Crippen MR) is 134 cm³/mol. The van der Waals surface area contributed by atoms with Crippen LogP contribution in [0.1, 0.15) is 57.4 Å². The topological polar surface area (TPSA) is 126 Å². The summed E-state index contributed by atoms with van der Waals surface area (Å²) in [5.74, 6) is -1.59. The third-order valence-corrected chi connectivity index (χ3v) is 8.11. The van der Waals surface area contributed by atoms with Gasteiger partial charge in [-0.05, 0) is 61.6 Å². The molecule has 0 saturated carbocycles. The van der Waals surface area contributed by atoms with Gasteiger partial charge in [0.1, 0.15) is 18.5 Å². The molecule has 4 heterocycles. The quantitative estimate of drug-likeness (QED) is 0.452. The zero-order valence-corrected chi connectivity index (χ0v) is 21.4. The molecule has 1 aromatic carbocycles. The summed E-state index contributed by atoms with van der Waals surface area (Å²) in [7, 11) is 0. The standard InChI is InChI=1S/C28H30N2O7/c1-6-17-18-10-16(37-15(4)14(3)25(32)33)8-9-22(18)29-23-19(17)12-30-24(31)20-13-36-26(34)28(35,7-2)21(20)11-27(23,30)5/h8-10,15,35H,3,6-7,11-13H2,1-2,4-5H3,(H,32,33)/t15?,27?,28-/m0/s1. The van der Waals surface area contributed by atoms with Crippen molar-refractivity contribution >= 4 is 28.7 Å². The first-order valence-electron chi connectivity index (χ1n) is 12.4. The summed E-state index contributed by atoms with van der Waals surface area (Å²) in [5.41, 5.74) is 1.53. The second-order valence-corrected chi connectivity index (χ2v) is 10.1. The molecular weight excluding hydrogens is 476 g/mol. The smallest absolute Gasteiger partial charge is 0.342 e. The summed E-state index contributed by atoms with van der Waals surface area (Å²) in [6, 6.07) is 5.41. The molecule has 9 nitrogen and oxygen atoms in total. The molecule has 3 atom stereocenters. The van der Waals surface area contributed by atoms with Crippen molar-refractivity contribution in [3.63, 3.8) is 0 Å². The van der Waals surface area contributed by atoms with E-state index in [4.69, 9.17) is 14.5 Å². The monoisotopic (exact) mass is 506 g/mol. The molecule has 0 bridgehead atoms. The van der Waals surface area contributed by atoms with Crippen LogP contribution in [0.25, 0.3) is 10.9 Å². The van der Waals surface area contributed by atoms with Crippen LogP contribution in [0.3, 0.4) is 0 Å². The van der Waals surface area contributed by atoms with E-state index in [-0.39, 0.29) is 30.9 Å². The van der Waals surface area contributed by atoms with Gasteiger partial charge in [0.15, 0.2) is 5.60 Å². The summed E-state index contributed by atoms with van der Waals surface area (Å²) in [5, 5.41) is 21.3. The number of rotatable bonds is 6. The third kappa shape index (κ3) is 3.48. The predicted octanol–water partition coefficient (Wildman–Crippen LogP) is 3.16. The van der Waals surface area contributed by atoms with Gasteiger partial charge in [0, 0.05) is 18.4 Å². The van der Waals surface area contributed by atoms with E-state index in [2.05, 4.69) is 6.58 Å². The zero-order chi connectivity index (χ0) is 26.9. The first-order chi connectivity index (χ1) is 17.5. The minimum absolute atomic E-state index is 0.0443. The van der Waals surface area contributed by atoms with Gasteiger partial charge in [0.25, 0.3) is 5.91 Å². The molecule has 5 rings (SSSR count). The lowest BCUT2D eigenvalue weighted by Gasteiger charge is -2.46. The molecule has 2 N–H and O–H groups in total. The van der Waals surface area contributed by atoms with E-state index < -0.39 is 29.2 Å². The Morgan fingerprint density at radius 2 is 2.05 bits per heavy atom. The highest BCUT2D eigenvalue weighted by Crippen LogP contribution is 2.52. The second kappa shape index (κ2) is 8.41. The van der Waals surface area contributed by atoms with E-state index in [0.717, 1.165) is 27.7 Å². The fourth-order valence-corrected chi connectivity index (χ4v) is 5.85. The van der Waals surface area contributed by atoms with E-state index in [0.29, 0.717) is 29.9 Å². The molecule has 2 aromatic rings. The van der Waals surface area contributed by atoms with Crippen molar-refractivity contribution in [3.05, 3.63) is 58.3 Å². The second-order valence-electron chi connectivity index (χ2n) is 10.1. The van der Waals surface area contributed by atoms with E-state index in [9.17, 15) is 24.6 Å². The molecule has 9 heteroatoms. The number of carbonyl (C=O) groups excluding carboxylic acids is 2. The van der Waals surface area contributed by atoms with Gasteiger partial charge < -0.3 is 24.6 Å². The molecule has 37 heavy (non-hydrogen) atoms. The Bertz CT molecular complexity index is 1430. The largest absolute Gasteiger partial charge is 0.486 e. The third-order valence-electron chi connectivity index (χ3n) is 8.11. The van der Waals surface area contributed by atoms with Crippen molar-refractivity contribution < 1.29 is 34.1 Å². The van der Waals surface area contributed by atoms with E-state index >= 15 is 0 Å². The Kier molecular flexibility index (Phi) is 5.67. The van der Waals surface area contributed by atoms with Gasteiger partial charge in [0.2, 0.25) is 0 Å². The van der Waals surface area contributed by atoms with Crippen LogP contribution in [0.15, 0.2) is 41.5 Å². The normalized spacial score (nSPS) is 25.4. The molecule has 2 unspecified atom stereocenters. The van der Waals surface area contributed by atoms with Crippen molar-refractivity contribution in [1.29, 1.82) is 0 Å². The van der Waals surface area contributed by atoms with Crippen LogP contribution < -0.4 is 4.74 Å². The highest BCUT2D eigenvalue weighted by atomic mass is 16.6. The van der Waals surface area contributed by atoms with Crippen molar-refractivity contribution in [2.75, 3.05) is 6.61 Å². The minimum atomic E-state index is -1.82. The Labute approximate surface area is 214 Å². The van der Waals surface area contributed by atoms with Crippen molar-refractivity contribution in [1.82, 2.24) is 9.88 Å². The average molecular weight is 507 g/mol. The molecule has 3 aliphatic rings. The van der Waals surface area contributed by atoms with Gasteiger partial charge in [-0.15, -0.1) is 0 Å². The van der Waals surface area contributed by atoms with Crippen LogP contribution in [-0.4, -0.2) is 56.3 Å². The number of pyridine rings is 1. The maximum absolute atomic E-state index is 13.7. The molecule has 194 valence electrons. The Morgan fingerprint density at radius 1 is 1.32 bits per heavy atom. The first-order valence-corrected chi connectivity index (χ1v) is 12.4. The number of amides is 1. The number of aliphatic carboxylic acids is 1. The number of benzene rings is 1. The zero-order valence-electron chi connectivity index (χ0n) is 21.4. The summed E-state index contributed by atoms with van der Waals surface area (Å²) < 4.78 is 11.1. The number of carbonyl (C=O) groups is 3. The summed E-state index contributed by atoms with van der Waals surface area (Å²) >= 11 is 0. The van der Waals surface area contributed by atoms with E-state index in [1.165, 1.54) is 0 Å². The number of ether oxygens (including phenoxy) is 2. The maximum Gasteiger partial charge on any atom is 0.342 e. The Morgan fingerprint density at radius 3 is 2.70 bits per heavy atom. The lowest BCUT2D eigenvalue weighted by molar-refractivity contribution is -0.166. The lowest BCUT2D eigenvalue weighted by atomic mass is 9.74. The number of hydrogen-bond donors (Lipinski definition) is 2. The number of carboxylic acid groups (broad SMARTS) is 1. The summed E-state index contributed by atoms with van der Waals surface area (Å²) in [4.78, 5) is 44.2. The summed E-state index contributed by atoms with van der Waals surface area (Å²) in [6.07, 6.45) is 0.362. The van der Waals surface area contributed by atoms with Crippen LogP contribution in [0, 0.1) is 0 Å². The molecule has 1 amide bonds. The van der Waals surface area contributed by atoms with Crippen LogP contribution >= 0.6 is 0 Å². The van der Waals surface area contributed by atoms with E-state index in [1.54, 1.807) is 24.8 Å². The fourth-order valence-electron chi connectivity index (χ4n) is 5.85. The van der Waals surface area contributed by atoms with Gasteiger partial charge >= 0.3 is 11.9 Å². The number of hydrogen-bond acceptors (Lipinski definition) is 7. The van der Waals surface area contributed by atoms with Gasteiger partial charge in [-0.2, -0.15) is 0 Å². The van der Waals surface area contributed by atoms with Crippen LogP contribution in [0.4, 0.5) is 0 Å². The van der Waals surface area contributed by atoms with Crippen LogP contribution in [-0.2, 0) is 37.6 Å². The number of aryl methyl sites for hydroxylation is 1. The number of aromatic nitrogens is 1. The molecule has 3 aliphatic heterocycles. The molecule has 0 fully saturated rings. The fraction of sp³-hybridized carbons (Fsp3) is 0.429. The number of esters is 1.